The fourth-order valence-electron chi connectivity index (χ4n) is 4.16. The third-order valence-electron chi connectivity index (χ3n) is 6.04. The molecule has 0 aliphatic rings. The van der Waals surface area contributed by atoms with Crippen molar-refractivity contribution < 1.29 is 18.0 Å². The molecule has 3 aromatic rings. The van der Waals surface area contributed by atoms with Gasteiger partial charge in [0.2, 0.25) is 21.8 Å². The van der Waals surface area contributed by atoms with Crippen LogP contribution >= 0.6 is 23.2 Å². The normalized spacial score (nSPS) is 12.0. The minimum absolute atomic E-state index is 0.0210. The van der Waals surface area contributed by atoms with Gasteiger partial charge in [-0.15, -0.1) is 0 Å². The molecule has 0 heterocycles. The highest BCUT2D eigenvalue weighted by atomic mass is 35.5. The predicted octanol–water partition coefficient (Wildman–Crippen LogP) is 4.93. The number of hydrogen-bond donors (Lipinski definition) is 1. The van der Waals surface area contributed by atoms with Crippen LogP contribution in [-0.4, -0.2) is 51.0 Å². The number of rotatable bonds is 12. The van der Waals surface area contributed by atoms with E-state index in [1.807, 2.05) is 60.7 Å². The highest BCUT2D eigenvalue weighted by Gasteiger charge is 2.30. The summed E-state index contributed by atoms with van der Waals surface area (Å²) >= 11 is 12.3. The molecule has 0 aliphatic carbocycles. The Kier molecular flexibility index (Phi) is 10.6. The lowest BCUT2D eigenvalue weighted by Crippen LogP contribution is -2.49. The van der Waals surface area contributed by atoms with Crippen molar-refractivity contribution in [2.75, 3.05) is 24.2 Å². The second-order valence-corrected chi connectivity index (χ2v) is 11.6. The van der Waals surface area contributed by atoms with Gasteiger partial charge in [-0.1, -0.05) is 83.9 Å². The number of nitrogens with one attached hydrogen (secondary N) is 1. The van der Waals surface area contributed by atoms with Crippen molar-refractivity contribution in [3.05, 3.63) is 100 Å². The van der Waals surface area contributed by atoms with Crippen LogP contribution in [0.15, 0.2) is 78.9 Å². The summed E-state index contributed by atoms with van der Waals surface area (Å²) < 4.78 is 26.3. The number of amides is 2. The first-order valence-electron chi connectivity index (χ1n) is 12.1. The lowest BCUT2D eigenvalue weighted by Gasteiger charge is -2.31. The van der Waals surface area contributed by atoms with E-state index in [2.05, 4.69) is 5.32 Å². The topological polar surface area (TPSA) is 86.8 Å². The Bertz CT molecular complexity index is 1340. The highest BCUT2D eigenvalue weighted by Crippen LogP contribution is 2.31. The van der Waals surface area contributed by atoms with E-state index in [-0.39, 0.29) is 48.5 Å². The molecule has 0 unspecified atom stereocenters. The molecule has 7 nitrogen and oxygen atoms in total. The van der Waals surface area contributed by atoms with E-state index < -0.39 is 16.1 Å². The number of anilines is 1. The van der Waals surface area contributed by atoms with E-state index in [0.29, 0.717) is 11.4 Å². The number of halogens is 2. The molecule has 38 heavy (non-hydrogen) atoms. The Balaban J connectivity index is 1.84. The molecule has 0 bridgehead atoms. The molecule has 0 radical (unpaired) electrons. The second-order valence-electron chi connectivity index (χ2n) is 8.86. The largest absolute Gasteiger partial charge is 0.357 e. The summed E-state index contributed by atoms with van der Waals surface area (Å²) in [5, 5.41) is 3.27. The summed E-state index contributed by atoms with van der Waals surface area (Å²) in [6.45, 7) is 0.258. The van der Waals surface area contributed by atoms with Crippen LogP contribution in [0, 0.1) is 0 Å². The average Bonchev–Trinajstić information content (AvgIpc) is 2.90. The Labute approximate surface area is 234 Å². The lowest BCUT2D eigenvalue weighted by molar-refractivity contribution is -0.141. The minimum Gasteiger partial charge on any atom is -0.357 e. The number of carbonyl (C=O) groups excluding carboxylic acids is 2. The van der Waals surface area contributed by atoms with Crippen LogP contribution in [0.4, 0.5) is 5.69 Å². The second kappa shape index (κ2) is 13.6. The highest BCUT2D eigenvalue weighted by molar-refractivity contribution is 7.92. The summed E-state index contributed by atoms with van der Waals surface area (Å²) in [6, 6.07) is 22.8. The zero-order valence-corrected chi connectivity index (χ0v) is 23.6. The van der Waals surface area contributed by atoms with Crippen molar-refractivity contribution in [1.82, 2.24) is 10.2 Å². The molecule has 1 N–H and O–H groups in total. The molecular weight excluding hydrogens is 545 g/mol. The van der Waals surface area contributed by atoms with E-state index in [0.717, 1.165) is 21.7 Å². The van der Waals surface area contributed by atoms with Crippen molar-refractivity contribution in [2.24, 2.45) is 0 Å². The maximum atomic E-state index is 13.6. The number of sulfonamides is 1. The summed E-state index contributed by atoms with van der Waals surface area (Å²) in [6.07, 6.45) is 1.66. The molecule has 0 saturated heterocycles. The van der Waals surface area contributed by atoms with Crippen LogP contribution < -0.4 is 9.62 Å². The quantitative estimate of drug-likeness (QED) is 0.332. The summed E-state index contributed by atoms with van der Waals surface area (Å²) in [4.78, 5) is 28.2. The van der Waals surface area contributed by atoms with E-state index in [1.165, 1.54) is 12.1 Å². The molecular formula is C28H31Cl2N3O4S. The molecule has 3 aromatic carbocycles. The van der Waals surface area contributed by atoms with Crippen LogP contribution in [0.5, 0.6) is 0 Å². The van der Waals surface area contributed by atoms with Gasteiger partial charge in [-0.3, -0.25) is 13.9 Å². The SMILES string of the molecule is CNC(=O)[C@@H](Cc1ccccc1)N(Cc1ccccc1)C(=O)CCCN(c1cc(Cl)ccc1Cl)S(C)(=O)=O. The molecule has 10 heteroatoms. The molecule has 3 rings (SSSR count). The third-order valence-corrected chi connectivity index (χ3v) is 7.78. The molecule has 2 amide bonds. The fraction of sp³-hybridized carbons (Fsp3) is 0.286. The number of benzene rings is 3. The van der Waals surface area contributed by atoms with Gasteiger partial charge >= 0.3 is 0 Å². The van der Waals surface area contributed by atoms with Crippen LogP contribution in [0.3, 0.4) is 0 Å². The van der Waals surface area contributed by atoms with Crippen molar-refractivity contribution >= 4 is 50.7 Å². The standard InChI is InChI=1S/C28H31Cl2N3O4S/c1-31-28(35)26(18-21-10-5-3-6-11-21)32(20-22-12-7-4-8-13-22)27(34)14-9-17-33(38(2,36)37)25-19-23(29)15-16-24(25)30/h3-8,10-13,15-16,19,26H,9,14,17-18,20H2,1-2H3,(H,31,35)/t26-/m1/s1. The van der Waals surface area contributed by atoms with E-state index in [1.54, 1.807) is 18.0 Å². The molecule has 0 aliphatic heterocycles. The van der Waals surface area contributed by atoms with Crippen molar-refractivity contribution in [1.29, 1.82) is 0 Å². The zero-order valence-electron chi connectivity index (χ0n) is 21.3. The van der Waals surface area contributed by atoms with Gasteiger partial charge in [-0.25, -0.2) is 8.42 Å². The van der Waals surface area contributed by atoms with E-state index >= 15 is 0 Å². The molecule has 0 fully saturated rings. The minimum atomic E-state index is -3.70. The van der Waals surface area contributed by atoms with Crippen LogP contribution in [-0.2, 0) is 32.6 Å². The summed E-state index contributed by atoms with van der Waals surface area (Å²) in [5.41, 5.74) is 2.06. The number of hydrogen-bond acceptors (Lipinski definition) is 4. The van der Waals surface area contributed by atoms with Gasteiger partial charge in [0.15, 0.2) is 0 Å². The maximum absolute atomic E-state index is 13.6. The Morgan fingerprint density at radius 3 is 2.11 bits per heavy atom. The molecule has 1 atom stereocenters. The smallest absolute Gasteiger partial charge is 0.242 e. The van der Waals surface area contributed by atoms with Gasteiger partial charge in [-0.2, -0.15) is 0 Å². The summed E-state index contributed by atoms with van der Waals surface area (Å²) in [5.74, 6) is -0.536. The van der Waals surface area contributed by atoms with Gasteiger partial charge in [0, 0.05) is 38.0 Å². The first kappa shape index (κ1) is 29.5. The molecule has 0 aromatic heterocycles. The number of carbonyl (C=O) groups is 2. The van der Waals surface area contributed by atoms with E-state index in [9.17, 15) is 18.0 Å². The Morgan fingerprint density at radius 2 is 1.53 bits per heavy atom. The molecule has 0 saturated carbocycles. The maximum Gasteiger partial charge on any atom is 0.242 e. The van der Waals surface area contributed by atoms with Gasteiger partial charge in [0.05, 0.1) is 17.0 Å². The first-order valence-corrected chi connectivity index (χ1v) is 14.7. The lowest BCUT2D eigenvalue weighted by atomic mass is 10.0. The van der Waals surface area contributed by atoms with Gasteiger partial charge < -0.3 is 10.2 Å². The first-order chi connectivity index (χ1) is 18.1. The van der Waals surface area contributed by atoms with Crippen molar-refractivity contribution in [3.63, 3.8) is 0 Å². The average molecular weight is 577 g/mol. The van der Waals surface area contributed by atoms with Crippen molar-refractivity contribution in [3.8, 4) is 0 Å². The van der Waals surface area contributed by atoms with Crippen LogP contribution in [0.25, 0.3) is 0 Å². The monoisotopic (exact) mass is 575 g/mol. The molecule has 0 spiro atoms. The Hall–Kier alpha value is -3.07. The molecule has 202 valence electrons. The predicted molar refractivity (Wildman–Crippen MR) is 153 cm³/mol. The van der Waals surface area contributed by atoms with Gasteiger partial charge in [-0.05, 0) is 35.7 Å². The van der Waals surface area contributed by atoms with Crippen LogP contribution in [0.1, 0.15) is 24.0 Å². The Morgan fingerprint density at radius 1 is 0.921 bits per heavy atom. The van der Waals surface area contributed by atoms with Gasteiger partial charge in [0.1, 0.15) is 6.04 Å². The van der Waals surface area contributed by atoms with Crippen LogP contribution in [0.2, 0.25) is 10.0 Å². The zero-order chi connectivity index (χ0) is 27.7. The van der Waals surface area contributed by atoms with Gasteiger partial charge in [0.25, 0.3) is 0 Å². The van der Waals surface area contributed by atoms with E-state index in [4.69, 9.17) is 23.2 Å². The third kappa shape index (κ3) is 8.21. The fourth-order valence-corrected chi connectivity index (χ4v) is 5.57. The number of likely N-dealkylation sites (N-methyl/N-ethyl adjacent to an activating group) is 1. The number of nitrogens with zero attached hydrogens (tertiary/aromatic N) is 2. The van der Waals surface area contributed by atoms with Crippen molar-refractivity contribution in [2.45, 2.75) is 31.8 Å². The summed E-state index contributed by atoms with van der Waals surface area (Å²) in [7, 11) is -2.15.